The van der Waals surface area contributed by atoms with E-state index in [1.807, 2.05) is 13.0 Å². The van der Waals surface area contributed by atoms with Crippen LogP contribution in [-0.2, 0) is 13.1 Å². The first-order valence-electron chi connectivity index (χ1n) is 10.6. The smallest absolute Gasteiger partial charge is 0.191 e. The van der Waals surface area contributed by atoms with Gasteiger partial charge in [0.05, 0.1) is 18.2 Å². The monoisotopic (exact) mass is 535 g/mol. The highest BCUT2D eigenvalue weighted by Gasteiger charge is 2.20. The number of aryl methyl sites for hydroxylation is 1. The second-order valence-corrected chi connectivity index (χ2v) is 7.80. The van der Waals surface area contributed by atoms with E-state index in [0.29, 0.717) is 23.1 Å². The number of benzene rings is 2. The van der Waals surface area contributed by atoms with Crippen LogP contribution in [0.15, 0.2) is 47.5 Å². The fourth-order valence-corrected chi connectivity index (χ4v) is 3.75. The van der Waals surface area contributed by atoms with Gasteiger partial charge in [-0.1, -0.05) is 29.8 Å². The zero-order valence-corrected chi connectivity index (χ0v) is 20.5. The molecule has 3 rings (SSSR count). The second-order valence-electron chi connectivity index (χ2n) is 7.80. The van der Waals surface area contributed by atoms with Crippen molar-refractivity contribution in [1.29, 1.82) is 5.26 Å². The molecule has 31 heavy (non-hydrogen) atoms. The third-order valence-electron chi connectivity index (χ3n) is 5.34. The van der Waals surface area contributed by atoms with E-state index >= 15 is 0 Å². The van der Waals surface area contributed by atoms with Crippen LogP contribution >= 0.6 is 24.0 Å². The number of rotatable bonds is 6. The minimum absolute atomic E-state index is 0. The lowest BCUT2D eigenvalue weighted by Gasteiger charge is -2.33. The molecule has 0 unspecified atom stereocenters. The normalized spacial score (nSPS) is 15.1. The number of halogens is 2. The molecule has 5 nitrogen and oxygen atoms in total. The lowest BCUT2D eigenvalue weighted by molar-refractivity contribution is 0.198. The average Bonchev–Trinajstić information content (AvgIpc) is 2.74. The fourth-order valence-electron chi connectivity index (χ4n) is 3.75. The van der Waals surface area contributed by atoms with Crippen molar-refractivity contribution in [2.24, 2.45) is 4.99 Å². The van der Waals surface area contributed by atoms with Crippen LogP contribution in [0.5, 0.6) is 0 Å². The van der Waals surface area contributed by atoms with Crippen molar-refractivity contribution in [3.63, 3.8) is 0 Å². The first-order valence-corrected chi connectivity index (χ1v) is 10.6. The maximum atomic E-state index is 14.0. The minimum Gasteiger partial charge on any atom is -0.357 e. The number of hydrogen-bond acceptors (Lipinski definition) is 3. The molecule has 0 aromatic heterocycles. The highest BCUT2D eigenvalue weighted by Crippen LogP contribution is 2.15. The van der Waals surface area contributed by atoms with E-state index in [2.05, 4.69) is 51.7 Å². The van der Waals surface area contributed by atoms with Crippen molar-refractivity contribution in [1.82, 2.24) is 15.5 Å². The van der Waals surface area contributed by atoms with Gasteiger partial charge in [-0.25, -0.2) is 9.38 Å². The third kappa shape index (κ3) is 7.78. The molecule has 7 heteroatoms. The van der Waals surface area contributed by atoms with Gasteiger partial charge < -0.3 is 10.6 Å². The third-order valence-corrected chi connectivity index (χ3v) is 5.34. The molecular weight excluding hydrogens is 504 g/mol. The van der Waals surface area contributed by atoms with Crippen molar-refractivity contribution in [3.8, 4) is 6.07 Å². The summed E-state index contributed by atoms with van der Waals surface area (Å²) in [7, 11) is 0. The Morgan fingerprint density at radius 1 is 1.23 bits per heavy atom. The molecule has 0 amide bonds. The molecule has 2 N–H and O–H groups in total. The molecule has 2 aromatic carbocycles. The first-order chi connectivity index (χ1) is 14.6. The largest absolute Gasteiger partial charge is 0.357 e. The van der Waals surface area contributed by atoms with Gasteiger partial charge in [0.1, 0.15) is 5.82 Å². The van der Waals surface area contributed by atoms with Crippen molar-refractivity contribution in [2.75, 3.05) is 19.6 Å². The number of piperidine rings is 1. The van der Waals surface area contributed by atoms with E-state index in [-0.39, 0.29) is 36.3 Å². The first kappa shape index (κ1) is 25.1. The summed E-state index contributed by atoms with van der Waals surface area (Å²) in [6, 6.07) is 15.4. The van der Waals surface area contributed by atoms with E-state index in [0.717, 1.165) is 39.0 Å². The van der Waals surface area contributed by atoms with Crippen LogP contribution in [0.1, 0.15) is 42.0 Å². The molecule has 0 radical (unpaired) electrons. The van der Waals surface area contributed by atoms with Crippen molar-refractivity contribution < 1.29 is 4.39 Å². The molecule has 1 aliphatic heterocycles. The molecule has 0 spiro atoms. The number of nitriles is 1. The number of hydrogen-bond donors (Lipinski definition) is 2. The lowest BCUT2D eigenvalue weighted by atomic mass is 10.0. The Labute approximate surface area is 201 Å². The number of nitrogens with zero attached hydrogens (tertiary/aromatic N) is 3. The van der Waals surface area contributed by atoms with Crippen LogP contribution in [0, 0.1) is 24.1 Å². The molecule has 0 saturated carbocycles. The van der Waals surface area contributed by atoms with Gasteiger partial charge in [-0.2, -0.15) is 5.26 Å². The Morgan fingerprint density at radius 3 is 2.68 bits per heavy atom. The Balaban J connectivity index is 0.00000341. The molecule has 0 atom stereocenters. The topological polar surface area (TPSA) is 63.5 Å². The summed E-state index contributed by atoms with van der Waals surface area (Å²) in [6.45, 7) is 8.12. The van der Waals surface area contributed by atoms with Crippen molar-refractivity contribution in [2.45, 2.75) is 45.8 Å². The standard InChI is InChI=1S/C24H30FN5.HI/c1-3-27-24(28-16-21-14-19(15-26)7-8-23(21)25)29-22-9-11-30(12-10-22)17-20-6-4-5-18(2)13-20;/h4-8,13-14,22H,3,9-12,16-17H2,1-2H3,(H2,27,28,29);1H. The van der Waals surface area contributed by atoms with Gasteiger partial charge in [-0.05, 0) is 50.5 Å². The number of aliphatic imine (C=N–C) groups is 1. The highest BCUT2D eigenvalue weighted by molar-refractivity contribution is 14.0. The minimum atomic E-state index is -0.335. The lowest BCUT2D eigenvalue weighted by Crippen LogP contribution is -2.48. The Morgan fingerprint density at radius 2 is 2.00 bits per heavy atom. The van der Waals surface area contributed by atoms with Gasteiger partial charge in [0.25, 0.3) is 0 Å². The van der Waals surface area contributed by atoms with Crippen LogP contribution in [0.3, 0.4) is 0 Å². The molecule has 1 aliphatic rings. The Bertz CT molecular complexity index is 916. The summed E-state index contributed by atoms with van der Waals surface area (Å²) >= 11 is 0. The van der Waals surface area contributed by atoms with Gasteiger partial charge in [0.2, 0.25) is 0 Å². The fraction of sp³-hybridized carbons (Fsp3) is 0.417. The zero-order chi connectivity index (χ0) is 21.3. The maximum Gasteiger partial charge on any atom is 0.191 e. The van der Waals surface area contributed by atoms with Crippen LogP contribution in [0.25, 0.3) is 0 Å². The Hall–Kier alpha value is -2.18. The van der Waals surface area contributed by atoms with Gasteiger partial charge in [0.15, 0.2) is 5.96 Å². The molecule has 166 valence electrons. The van der Waals surface area contributed by atoms with E-state index in [1.54, 1.807) is 6.07 Å². The van der Waals surface area contributed by atoms with Gasteiger partial charge in [0, 0.05) is 37.8 Å². The molecule has 1 fully saturated rings. The summed E-state index contributed by atoms with van der Waals surface area (Å²) in [5, 5.41) is 15.8. The number of nitrogens with one attached hydrogen (secondary N) is 2. The molecule has 1 saturated heterocycles. The predicted octanol–water partition coefficient (Wildman–Crippen LogP) is 4.34. The highest BCUT2D eigenvalue weighted by atomic mass is 127. The summed E-state index contributed by atoms with van der Waals surface area (Å²) < 4.78 is 14.0. The van der Waals surface area contributed by atoms with E-state index < -0.39 is 0 Å². The quantitative estimate of drug-likeness (QED) is 0.328. The van der Waals surface area contributed by atoms with Crippen LogP contribution in [-0.4, -0.2) is 36.5 Å². The van der Waals surface area contributed by atoms with Crippen molar-refractivity contribution >= 4 is 29.9 Å². The van der Waals surface area contributed by atoms with Crippen LogP contribution < -0.4 is 10.6 Å². The molecule has 0 bridgehead atoms. The molecule has 0 aliphatic carbocycles. The van der Waals surface area contributed by atoms with Gasteiger partial charge in [-0.3, -0.25) is 4.90 Å². The average molecular weight is 535 g/mol. The molecular formula is C24H31FIN5. The van der Waals surface area contributed by atoms with Crippen molar-refractivity contribution in [3.05, 3.63) is 70.5 Å². The van der Waals surface area contributed by atoms with Gasteiger partial charge >= 0.3 is 0 Å². The summed E-state index contributed by atoms with van der Waals surface area (Å²) in [6.07, 6.45) is 2.07. The number of guanidine groups is 1. The second kappa shape index (κ2) is 12.6. The van der Waals surface area contributed by atoms with Gasteiger partial charge in [-0.15, -0.1) is 24.0 Å². The molecule has 1 heterocycles. The van der Waals surface area contributed by atoms with E-state index in [1.165, 1.54) is 23.3 Å². The summed E-state index contributed by atoms with van der Waals surface area (Å²) in [4.78, 5) is 7.03. The SMILES string of the molecule is CCNC(=NCc1cc(C#N)ccc1F)NC1CCN(Cc2cccc(C)c2)CC1.I. The maximum absolute atomic E-state index is 14.0. The summed E-state index contributed by atoms with van der Waals surface area (Å²) in [5.74, 6) is 0.356. The van der Waals surface area contributed by atoms with E-state index in [4.69, 9.17) is 5.26 Å². The number of likely N-dealkylation sites (tertiary alicyclic amines) is 1. The predicted molar refractivity (Wildman–Crippen MR) is 134 cm³/mol. The van der Waals surface area contributed by atoms with Crippen LogP contribution in [0.2, 0.25) is 0 Å². The van der Waals surface area contributed by atoms with E-state index in [9.17, 15) is 4.39 Å². The summed E-state index contributed by atoms with van der Waals surface area (Å²) in [5.41, 5.74) is 3.53. The molecule has 2 aromatic rings. The zero-order valence-electron chi connectivity index (χ0n) is 18.2. The Kier molecular flexibility index (Phi) is 10.2. The van der Waals surface area contributed by atoms with Crippen LogP contribution in [0.4, 0.5) is 4.39 Å².